The summed E-state index contributed by atoms with van der Waals surface area (Å²) < 4.78 is 45.4. The highest BCUT2D eigenvalue weighted by molar-refractivity contribution is 7.90. The van der Waals surface area contributed by atoms with Crippen molar-refractivity contribution in [2.24, 2.45) is 0 Å². The van der Waals surface area contributed by atoms with Crippen LogP contribution in [-0.4, -0.2) is 36.7 Å². The number of furan rings is 1. The van der Waals surface area contributed by atoms with Crippen molar-refractivity contribution < 1.29 is 31.6 Å². The van der Waals surface area contributed by atoms with E-state index in [2.05, 4.69) is 24.1 Å². The summed E-state index contributed by atoms with van der Waals surface area (Å²) in [5.41, 5.74) is 1.85. The zero-order valence-electron chi connectivity index (χ0n) is 22.6. The van der Waals surface area contributed by atoms with Gasteiger partial charge in [0.15, 0.2) is 0 Å². The molecular formula is C29H31N3O7S. The lowest BCUT2D eigenvalue weighted by atomic mass is 9.88. The van der Waals surface area contributed by atoms with Crippen molar-refractivity contribution in [1.82, 2.24) is 14.6 Å². The molecule has 40 heavy (non-hydrogen) atoms. The van der Waals surface area contributed by atoms with Crippen molar-refractivity contribution in [2.75, 3.05) is 6.54 Å². The Kier molecular flexibility index (Phi) is 7.41. The fourth-order valence-corrected chi connectivity index (χ4v) is 6.04. The number of benzene rings is 1. The third-order valence-corrected chi connectivity index (χ3v) is 8.62. The maximum Gasteiger partial charge on any atom is 0.267 e. The highest BCUT2D eigenvalue weighted by atomic mass is 32.2. The van der Waals surface area contributed by atoms with E-state index in [0.717, 1.165) is 30.9 Å². The molecule has 3 aromatic rings. The van der Waals surface area contributed by atoms with E-state index in [1.807, 2.05) is 4.72 Å². The maximum atomic E-state index is 13.1. The van der Waals surface area contributed by atoms with Crippen LogP contribution in [0.4, 0.5) is 0 Å². The number of carbonyl (C=O) groups is 2. The summed E-state index contributed by atoms with van der Waals surface area (Å²) in [5, 5.41) is 0. The van der Waals surface area contributed by atoms with Crippen molar-refractivity contribution in [3.8, 4) is 5.75 Å². The second-order valence-electron chi connectivity index (χ2n) is 10.3. The van der Waals surface area contributed by atoms with Gasteiger partial charge in [0.05, 0.1) is 11.7 Å². The molecule has 2 amide bonds. The number of rotatable bonds is 8. The number of aryl methyl sites for hydroxylation is 1. The van der Waals surface area contributed by atoms with Crippen LogP contribution in [-0.2, 0) is 44.6 Å². The van der Waals surface area contributed by atoms with Crippen LogP contribution in [0.25, 0.3) is 6.08 Å². The van der Waals surface area contributed by atoms with Crippen molar-refractivity contribution in [2.45, 2.75) is 63.5 Å². The quantitative estimate of drug-likeness (QED) is 0.318. The highest BCUT2D eigenvalue weighted by Gasteiger charge is 2.34. The average molecular weight is 566 g/mol. The smallest absolute Gasteiger partial charge is 0.267 e. The first-order valence-corrected chi connectivity index (χ1v) is 14.5. The minimum Gasteiger partial charge on any atom is -0.486 e. The lowest BCUT2D eigenvalue weighted by Gasteiger charge is -2.29. The molecule has 1 aromatic carbocycles. The van der Waals surface area contributed by atoms with Crippen molar-refractivity contribution in [3.63, 3.8) is 0 Å². The number of aromatic nitrogens is 1. The largest absolute Gasteiger partial charge is 0.486 e. The number of hydrogen-bond acceptors (Lipinski definition) is 8. The minimum atomic E-state index is -4.20. The Hall–Kier alpha value is -4.12. The van der Waals surface area contributed by atoms with E-state index in [4.69, 9.17) is 13.6 Å². The molecule has 11 heteroatoms. The molecule has 2 aliphatic rings. The number of allylic oxidation sites excluding steroid dienone is 2. The van der Waals surface area contributed by atoms with Crippen LogP contribution in [0.3, 0.4) is 0 Å². The average Bonchev–Trinajstić information content (AvgIpc) is 3.66. The van der Waals surface area contributed by atoms with Crippen molar-refractivity contribution in [3.05, 3.63) is 83.0 Å². The highest BCUT2D eigenvalue weighted by Crippen LogP contribution is 2.37. The topological polar surface area (TPSA) is 132 Å². The van der Waals surface area contributed by atoms with Gasteiger partial charge in [-0.15, -0.1) is 0 Å². The Balaban J connectivity index is 1.41. The Morgan fingerprint density at radius 1 is 1.23 bits per heavy atom. The van der Waals surface area contributed by atoms with Crippen LogP contribution in [0.1, 0.15) is 60.9 Å². The number of oxazole rings is 1. The molecule has 0 radical (unpaired) electrons. The van der Waals surface area contributed by atoms with Crippen LogP contribution < -0.4 is 9.46 Å². The number of carbonyl (C=O) groups excluding carboxylic acids is 2. The van der Waals surface area contributed by atoms with Gasteiger partial charge in [0.1, 0.15) is 34.5 Å². The van der Waals surface area contributed by atoms with E-state index in [1.165, 1.54) is 18.4 Å². The van der Waals surface area contributed by atoms with Crippen LogP contribution in [0.15, 0.2) is 62.5 Å². The molecular weight excluding hydrogens is 534 g/mol. The summed E-state index contributed by atoms with van der Waals surface area (Å²) in [7, 11) is -4.20. The van der Waals surface area contributed by atoms with Gasteiger partial charge in [-0.05, 0) is 67.7 Å². The molecule has 0 saturated heterocycles. The minimum absolute atomic E-state index is 0.0330. The fraction of sp³-hybridized carbons (Fsp3) is 0.345. The Morgan fingerprint density at radius 3 is 2.70 bits per heavy atom. The van der Waals surface area contributed by atoms with Crippen molar-refractivity contribution >= 4 is 27.9 Å². The Labute approximate surface area is 232 Å². The lowest BCUT2D eigenvalue weighted by molar-refractivity contribution is -0.126. The molecule has 1 aliphatic carbocycles. The van der Waals surface area contributed by atoms with Crippen molar-refractivity contribution in [1.29, 1.82) is 0 Å². The van der Waals surface area contributed by atoms with E-state index < -0.39 is 15.9 Å². The number of hydrogen-bond donors (Lipinski definition) is 1. The third kappa shape index (κ3) is 5.74. The van der Waals surface area contributed by atoms with Gasteiger partial charge in [-0.2, -0.15) is 0 Å². The first-order chi connectivity index (χ1) is 19.0. The number of ether oxygens (including phenoxy) is 1. The molecule has 210 valence electrons. The lowest BCUT2D eigenvalue weighted by Crippen LogP contribution is -2.35. The van der Waals surface area contributed by atoms with Crippen LogP contribution in [0, 0.1) is 6.92 Å². The summed E-state index contributed by atoms with van der Waals surface area (Å²) >= 11 is 0. The number of nitrogens with zero attached hydrogens (tertiary/aromatic N) is 2. The molecule has 1 aliphatic heterocycles. The molecule has 0 spiro atoms. The molecule has 5 rings (SSSR count). The predicted molar refractivity (Wildman–Crippen MR) is 146 cm³/mol. The third-order valence-electron chi connectivity index (χ3n) is 7.17. The zero-order valence-corrected chi connectivity index (χ0v) is 23.4. The molecule has 3 heterocycles. The second-order valence-corrected chi connectivity index (χ2v) is 12.0. The second kappa shape index (κ2) is 10.8. The molecule has 0 unspecified atom stereocenters. The summed E-state index contributed by atoms with van der Waals surface area (Å²) in [6.45, 7) is 5.65. The molecule has 10 nitrogen and oxygen atoms in total. The van der Waals surface area contributed by atoms with Crippen LogP contribution in [0.5, 0.6) is 5.75 Å². The summed E-state index contributed by atoms with van der Waals surface area (Å²) in [6.07, 6.45) is 10.9. The number of fused-ring (bicyclic) bond motifs is 1. The molecule has 0 bridgehead atoms. The molecule has 0 saturated carbocycles. The van der Waals surface area contributed by atoms with Gasteiger partial charge in [-0.1, -0.05) is 19.1 Å². The Morgan fingerprint density at radius 2 is 2.00 bits per heavy atom. The van der Waals surface area contributed by atoms with E-state index >= 15 is 0 Å². The summed E-state index contributed by atoms with van der Waals surface area (Å²) in [6, 6.07) is 6.63. The number of sulfonamides is 1. The molecule has 0 atom stereocenters. The molecule has 2 aromatic heterocycles. The molecule has 1 N–H and O–H groups in total. The number of nitrogens with one attached hydrogen (secondary N) is 1. The van der Waals surface area contributed by atoms with Gasteiger partial charge in [0.2, 0.25) is 17.7 Å². The Bertz CT molecular complexity index is 1590. The summed E-state index contributed by atoms with van der Waals surface area (Å²) in [5.74, 6) is 0.929. The van der Waals surface area contributed by atoms with Gasteiger partial charge in [-0.25, -0.2) is 18.1 Å². The zero-order chi connectivity index (χ0) is 28.5. The monoisotopic (exact) mass is 565 g/mol. The number of amides is 2. The van der Waals surface area contributed by atoms with Gasteiger partial charge >= 0.3 is 0 Å². The molecule has 0 fully saturated rings. The summed E-state index contributed by atoms with van der Waals surface area (Å²) in [4.78, 5) is 30.7. The standard InChI is InChI=1S/C29H31N3O7S/c1-19-24(30-28(39-19)29(3)11-4-5-12-29)18-38-25-15-22-17-32(27(34)9-8-23-7-6-14-37-23)13-10-21(22)16-26(25)40(35,36)31-20(2)33/h4-9,14-16H,10-13,17-18H2,1-3H3,(H,31,33)/b9-8+. The first kappa shape index (κ1) is 27.4. The van der Waals surface area contributed by atoms with Gasteiger partial charge in [-0.3, -0.25) is 9.59 Å². The SMILES string of the molecule is CC(=O)NS(=O)(=O)c1cc2c(cc1OCc1nc(C3(C)CC=CC3)oc1C)CN(C(=O)/C=C/c1ccco1)CC2. The van der Waals surface area contributed by atoms with E-state index in [9.17, 15) is 18.0 Å². The van der Waals surface area contributed by atoms with E-state index in [0.29, 0.717) is 36.1 Å². The van der Waals surface area contributed by atoms with E-state index in [1.54, 1.807) is 36.1 Å². The van der Waals surface area contributed by atoms with Crippen LogP contribution in [0.2, 0.25) is 0 Å². The maximum absolute atomic E-state index is 13.1. The fourth-order valence-electron chi connectivity index (χ4n) is 4.88. The predicted octanol–water partition coefficient (Wildman–Crippen LogP) is 4.19. The van der Waals surface area contributed by atoms with Crippen LogP contribution >= 0.6 is 0 Å². The normalized spacial score (nSPS) is 16.3. The van der Waals surface area contributed by atoms with E-state index in [-0.39, 0.29) is 35.1 Å². The van der Waals surface area contributed by atoms with Gasteiger partial charge in [0, 0.05) is 26.1 Å². The first-order valence-electron chi connectivity index (χ1n) is 13.0. The van der Waals surface area contributed by atoms with Gasteiger partial charge in [0.25, 0.3) is 10.0 Å². The van der Waals surface area contributed by atoms with Gasteiger partial charge < -0.3 is 18.5 Å².